The highest BCUT2D eigenvalue weighted by Gasteiger charge is 2.12. The molecule has 0 radical (unpaired) electrons. The van der Waals surface area contributed by atoms with Crippen molar-refractivity contribution in [3.63, 3.8) is 0 Å². The monoisotopic (exact) mass is 202 g/mol. The zero-order chi connectivity index (χ0) is 11.3. The van der Waals surface area contributed by atoms with Crippen molar-refractivity contribution in [2.75, 3.05) is 0 Å². The second-order valence-electron chi connectivity index (χ2n) is 3.95. The molecule has 0 saturated heterocycles. The molecule has 2 nitrogen and oxygen atoms in total. The molecule has 0 amide bonds. The summed E-state index contributed by atoms with van der Waals surface area (Å²) in [7, 11) is 0. The lowest BCUT2D eigenvalue weighted by molar-refractivity contribution is 0.501. The summed E-state index contributed by atoms with van der Waals surface area (Å²) in [5.41, 5.74) is 2.25. The largest absolute Gasteiger partial charge is 0.296 e. The summed E-state index contributed by atoms with van der Waals surface area (Å²) in [6.45, 7) is 6.25. The molecule has 0 spiro atoms. The summed E-state index contributed by atoms with van der Waals surface area (Å²) >= 11 is 0. The van der Waals surface area contributed by atoms with Crippen molar-refractivity contribution in [1.29, 1.82) is 5.26 Å². The lowest BCUT2D eigenvalue weighted by atomic mass is 10.0. The van der Waals surface area contributed by atoms with Gasteiger partial charge in [0.15, 0.2) is 0 Å². The van der Waals surface area contributed by atoms with Crippen molar-refractivity contribution in [3.05, 3.63) is 35.4 Å². The minimum atomic E-state index is -0.195. The fourth-order valence-corrected chi connectivity index (χ4v) is 1.46. The number of nitrogens with one attached hydrogen (secondary N) is 1. The predicted molar refractivity (Wildman–Crippen MR) is 62.4 cm³/mol. The van der Waals surface area contributed by atoms with E-state index in [4.69, 9.17) is 5.26 Å². The second kappa shape index (κ2) is 5.53. The maximum Gasteiger partial charge on any atom is 0.121 e. The number of hydrogen-bond acceptors (Lipinski definition) is 2. The molecule has 0 heterocycles. The maximum atomic E-state index is 9.10. The molecule has 15 heavy (non-hydrogen) atoms. The molecule has 1 rings (SSSR count). The average Bonchev–Trinajstić information content (AvgIpc) is 2.25. The van der Waals surface area contributed by atoms with Gasteiger partial charge in [0.05, 0.1) is 6.07 Å². The Morgan fingerprint density at radius 3 is 2.73 bits per heavy atom. The van der Waals surface area contributed by atoms with Crippen LogP contribution in [0.1, 0.15) is 37.4 Å². The standard InChI is InChI=1S/C13H18N2/c1-4-11(3)15-13(9-14)12-7-5-6-10(2)8-12/h5-8,11,13,15H,4H2,1-3H3. The third kappa shape index (κ3) is 3.38. The van der Waals surface area contributed by atoms with E-state index in [0.717, 1.165) is 12.0 Å². The Hall–Kier alpha value is -1.33. The van der Waals surface area contributed by atoms with Crippen molar-refractivity contribution >= 4 is 0 Å². The molecule has 2 unspecified atom stereocenters. The van der Waals surface area contributed by atoms with Crippen LogP contribution in [-0.2, 0) is 0 Å². The molecule has 0 fully saturated rings. The molecule has 2 atom stereocenters. The van der Waals surface area contributed by atoms with Gasteiger partial charge in [0.2, 0.25) is 0 Å². The zero-order valence-electron chi connectivity index (χ0n) is 9.62. The molecule has 0 aliphatic heterocycles. The number of aryl methyl sites for hydroxylation is 1. The van der Waals surface area contributed by atoms with Gasteiger partial charge in [-0.05, 0) is 25.8 Å². The van der Waals surface area contributed by atoms with E-state index in [2.05, 4.69) is 31.3 Å². The number of nitriles is 1. The molecule has 0 saturated carbocycles. The van der Waals surface area contributed by atoms with Gasteiger partial charge in [-0.15, -0.1) is 0 Å². The van der Waals surface area contributed by atoms with E-state index in [1.165, 1.54) is 5.56 Å². The number of rotatable bonds is 4. The lowest BCUT2D eigenvalue weighted by Gasteiger charge is -2.17. The molecule has 2 heteroatoms. The Balaban J connectivity index is 2.80. The summed E-state index contributed by atoms with van der Waals surface area (Å²) in [5.74, 6) is 0. The van der Waals surface area contributed by atoms with E-state index in [0.29, 0.717) is 6.04 Å². The van der Waals surface area contributed by atoms with Crippen LogP contribution in [-0.4, -0.2) is 6.04 Å². The van der Waals surface area contributed by atoms with Gasteiger partial charge >= 0.3 is 0 Å². The summed E-state index contributed by atoms with van der Waals surface area (Å²) < 4.78 is 0. The Labute approximate surface area is 91.9 Å². The Bertz CT molecular complexity index is 352. The highest BCUT2D eigenvalue weighted by atomic mass is 14.9. The molecule has 80 valence electrons. The fourth-order valence-electron chi connectivity index (χ4n) is 1.46. The first-order valence-corrected chi connectivity index (χ1v) is 5.39. The third-order valence-electron chi connectivity index (χ3n) is 2.57. The van der Waals surface area contributed by atoms with E-state index in [-0.39, 0.29) is 6.04 Å². The second-order valence-corrected chi connectivity index (χ2v) is 3.95. The number of benzene rings is 1. The molecule has 0 aromatic heterocycles. The fraction of sp³-hybridized carbons (Fsp3) is 0.462. The molecular formula is C13H18N2. The minimum absolute atomic E-state index is 0.195. The van der Waals surface area contributed by atoms with Crippen molar-refractivity contribution < 1.29 is 0 Å². The van der Waals surface area contributed by atoms with Gasteiger partial charge in [-0.3, -0.25) is 5.32 Å². The summed E-state index contributed by atoms with van der Waals surface area (Å²) in [4.78, 5) is 0. The summed E-state index contributed by atoms with van der Waals surface area (Å²) in [6.07, 6.45) is 1.03. The quantitative estimate of drug-likeness (QED) is 0.814. The first-order valence-electron chi connectivity index (χ1n) is 5.39. The topological polar surface area (TPSA) is 35.8 Å². The molecule has 1 aromatic rings. The zero-order valence-corrected chi connectivity index (χ0v) is 9.62. The third-order valence-corrected chi connectivity index (χ3v) is 2.57. The molecule has 1 aromatic carbocycles. The summed E-state index contributed by atoms with van der Waals surface area (Å²) in [6, 6.07) is 10.6. The normalized spacial score (nSPS) is 14.3. The maximum absolute atomic E-state index is 9.10. The van der Waals surface area contributed by atoms with Gasteiger partial charge in [-0.25, -0.2) is 0 Å². The Morgan fingerprint density at radius 2 is 2.20 bits per heavy atom. The van der Waals surface area contributed by atoms with Gasteiger partial charge in [0.1, 0.15) is 6.04 Å². The van der Waals surface area contributed by atoms with E-state index in [1.807, 2.05) is 25.1 Å². The summed E-state index contributed by atoms with van der Waals surface area (Å²) in [5, 5.41) is 12.4. The van der Waals surface area contributed by atoms with Crippen molar-refractivity contribution in [1.82, 2.24) is 5.32 Å². The molecule has 1 N–H and O–H groups in total. The first kappa shape index (κ1) is 11.7. The van der Waals surface area contributed by atoms with Crippen molar-refractivity contribution in [3.8, 4) is 6.07 Å². The number of nitrogens with zero attached hydrogens (tertiary/aromatic N) is 1. The highest BCUT2D eigenvalue weighted by molar-refractivity contribution is 5.28. The SMILES string of the molecule is CCC(C)NC(C#N)c1cccc(C)c1. The van der Waals surface area contributed by atoms with Crippen LogP contribution in [0.15, 0.2) is 24.3 Å². The molecule has 0 aliphatic rings. The number of hydrogen-bond donors (Lipinski definition) is 1. The van der Waals surface area contributed by atoms with Crippen LogP contribution in [0.4, 0.5) is 0 Å². The van der Waals surface area contributed by atoms with E-state index in [9.17, 15) is 0 Å². The van der Waals surface area contributed by atoms with Crippen LogP contribution in [0.5, 0.6) is 0 Å². The lowest BCUT2D eigenvalue weighted by Crippen LogP contribution is -2.29. The Kier molecular flexibility index (Phi) is 4.33. The van der Waals surface area contributed by atoms with Crippen LogP contribution in [0.2, 0.25) is 0 Å². The Morgan fingerprint density at radius 1 is 1.47 bits per heavy atom. The molecule has 0 aliphatic carbocycles. The highest BCUT2D eigenvalue weighted by Crippen LogP contribution is 2.14. The molecule has 0 bridgehead atoms. The first-order chi connectivity index (χ1) is 7.17. The molecular weight excluding hydrogens is 184 g/mol. The van der Waals surface area contributed by atoms with Gasteiger partial charge < -0.3 is 0 Å². The van der Waals surface area contributed by atoms with Gasteiger partial charge in [0, 0.05) is 6.04 Å². The van der Waals surface area contributed by atoms with E-state index in [1.54, 1.807) is 0 Å². The van der Waals surface area contributed by atoms with Crippen LogP contribution >= 0.6 is 0 Å². The van der Waals surface area contributed by atoms with Gasteiger partial charge in [-0.2, -0.15) is 5.26 Å². The smallest absolute Gasteiger partial charge is 0.121 e. The van der Waals surface area contributed by atoms with E-state index < -0.39 is 0 Å². The van der Waals surface area contributed by atoms with Gasteiger partial charge in [-0.1, -0.05) is 36.8 Å². The van der Waals surface area contributed by atoms with E-state index >= 15 is 0 Å². The minimum Gasteiger partial charge on any atom is -0.296 e. The predicted octanol–water partition coefficient (Wildman–Crippen LogP) is 2.95. The van der Waals surface area contributed by atoms with Gasteiger partial charge in [0.25, 0.3) is 0 Å². The van der Waals surface area contributed by atoms with Crippen LogP contribution in [0, 0.1) is 18.3 Å². The van der Waals surface area contributed by atoms with Crippen LogP contribution < -0.4 is 5.32 Å². The van der Waals surface area contributed by atoms with Crippen molar-refractivity contribution in [2.45, 2.75) is 39.3 Å². The van der Waals surface area contributed by atoms with Crippen LogP contribution in [0.3, 0.4) is 0 Å². The average molecular weight is 202 g/mol. The van der Waals surface area contributed by atoms with Crippen molar-refractivity contribution in [2.24, 2.45) is 0 Å². The van der Waals surface area contributed by atoms with Crippen LogP contribution in [0.25, 0.3) is 0 Å².